The summed E-state index contributed by atoms with van der Waals surface area (Å²) in [4.78, 5) is 0. The van der Waals surface area contributed by atoms with Crippen LogP contribution in [0.15, 0.2) is 24.3 Å². The Hall–Kier alpha value is -1.23. The van der Waals surface area contributed by atoms with Crippen LogP contribution in [-0.4, -0.2) is 6.79 Å². The van der Waals surface area contributed by atoms with E-state index in [2.05, 4.69) is 4.74 Å². The van der Waals surface area contributed by atoms with Crippen LogP contribution >= 0.6 is 0 Å². The molecule has 0 aliphatic carbocycles. The predicted molar refractivity (Wildman–Crippen MR) is 37.6 cm³/mol. The van der Waals surface area contributed by atoms with Crippen LogP contribution in [0.1, 0.15) is 5.56 Å². The van der Waals surface area contributed by atoms with Crippen molar-refractivity contribution in [2.45, 2.75) is 6.18 Å². The first-order chi connectivity index (χ1) is 6.04. The minimum absolute atomic E-state index is 0.0650. The van der Waals surface area contributed by atoms with Gasteiger partial charge in [0.2, 0.25) is 6.79 Å². The highest BCUT2D eigenvalue weighted by molar-refractivity contribution is 5.30. The Morgan fingerprint density at radius 3 is 2.54 bits per heavy atom. The third kappa shape index (κ3) is 2.62. The van der Waals surface area contributed by atoms with Crippen molar-refractivity contribution in [2.75, 3.05) is 6.79 Å². The maximum absolute atomic E-state index is 12.1. The molecule has 0 spiro atoms. The van der Waals surface area contributed by atoms with Gasteiger partial charge in [0.15, 0.2) is 0 Å². The molecule has 0 amide bonds. The van der Waals surface area contributed by atoms with Gasteiger partial charge in [-0.05, 0) is 18.2 Å². The molecule has 1 aromatic carbocycles. The molecule has 0 atom stereocenters. The minimum Gasteiger partial charge on any atom is -0.465 e. The van der Waals surface area contributed by atoms with Gasteiger partial charge in [0.05, 0.1) is 5.56 Å². The molecule has 1 aromatic rings. The molecule has 0 saturated carbocycles. The van der Waals surface area contributed by atoms with Gasteiger partial charge in [0.1, 0.15) is 5.75 Å². The van der Waals surface area contributed by atoms with Gasteiger partial charge >= 0.3 is 6.18 Å². The standard InChI is InChI=1S/C8H6F3O2/c9-8(10,11)6-2-1-3-7(4-6)13-5-12/h1-4H,5H2. The average molecular weight is 191 g/mol. The van der Waals surface area contributed by atoms with E-state index in [-0.39, 0.29) is 5.75 Å². The monoisotopic (exact) mass is 191 g/mol. The van der Waals surface area contributed by atoms with Gasteiger partial charge < -0.3 is 4.74 Å². The zero-order valence-corrected chi connectivity index (χ0v) is 6.47. The number of hydrogen-bond acceptors (Lipinski definition) is 1. The Balaban J connectivity index is 2.92. The Kier molecular flexibility index (Phi) is 2.77. The minimum atomic E-state index is -4.40. The normalized spacial score (nSPS) is 11.4. The summed E-state index contributed by atoms with van der Waals surface area (Å²) in [5.41, 5.74) is -0.821. The first kappa shape index (κ1) is 9.85. The van der Waals surface area contributed by atoms with Gasteiger partial charge in [-0.2, -0.15) is 18.3 Å². The fraction of sp³-hybridized carbons (Fsp3) is 0.250. The Labute approximate surface area is 72.6 Å². The van der Waals surface area contributed by atoms with Crippen LogP contribution in [0.25, 0.3) is 0 Å². The molecular formula is C8H6F3O2. The highest BCUT2D eigenvalue weighted by Crippen LogP contribution is 2.31. The largest absolute Gasteiger partial charge is 0.465 e. The van der Waals surface area contributed by atoms with Crippen LogP contribution in [0.2, 0.25) is 0 Å². The maximum Gasteiger partial charge on any atom is 0.416 e. The molecule has 0 aromatic heterocycles. The van der Waals surface area contributed by atoms with E-state index < -0.39 is 18.5 Å². The van der Waals surface area contributed by atoms with Gasteiger partial charge in [-0.1, -0.05) is 6.07 Å². The van der Waals surface area contributed by atoms with E-state index in [9.17, 15) is 18.3 Å². The lowest BCUT2D eigenvalue weighted by Crippen LogP contribution is -2.05. The smallest absolute Gasteiger partial charge is 0.416 e. The molecule has 13 heavy (non-hydrogen) atoms. The van der Waals surface area contributed by atoms with E-state index in [4.69, 9.17) is 0 Å². The van der Waals surface area contributed by atoms with E-state index in [1.807, 2.05) is 0 Å². The van der Waals surface area contributed by atoms with Gasteiger partial charge in [0.25, 0.3) is 0 Å². The van der Waals surface area contributed by atoms with Crippen molar-refractivity contribution in [1.82, 2.24) is 0 Å². The molecule has 0 saturated heterocycles. The van der Waals surface area contributed by atoms with E-state index in [0.717, 1.165) is 12.1 Å². The van der Waals surface area contributed by atoms with Crippen LogP contribution in [0.3, 0.4) is 0 Å². The summed E-state index contributed by atoms with van der Waals surface area (Å²) in [5, 5.41) is 9.96. The molecule has 0 bridgehead atoms. The number of rotatable bonds is 2. The van der Waals surface area contributed by atoms with Gasteiger partial charge in [-0.15, -0.1) is 0 Å². The summed E-state index contributed by atoms with van der Waals surface area (Å²) in [6.45, 7) is -0.888. The summed E-state index contributed by atoms with van der Waals surface area (Å²) < 4.78 is 40.6. The fourth-order valence-corrected chi connectivity index (χ4v) is 0.830. The lowest BCUT2D eigenvalue weighted by atomic mass is 10.2. The van der Waals surface area contributed by atoms with E-state index in [1.54, 1.807) is 0 Å². The second-order valence-electron chi connectivity index (χ2n) is 2.29. The van der Waals surface area contributed by atoms with Crippen molar-refractivity contribution in [3.63, 3.8) is 0 Å². The van der Waals surface area contributed by atoms with Crippen LogP contribution in [0.4, 0.5) is 13.2 Å². The molecule has 0 aliphatic heterocycles. The van der Waals surface area contributed by atoms with Crippen molar-refractivity contribution >= 4 is 0 Å². The zero-order chi connectivity index (χ0) is 9.90. The predicted octanol–water partition coefficient (Wildman–Crippen LogP) is 2.47. The van der Waals surface area contributed by atoms with Crippen molar-refractivity contribution in [1.29, 1.82) is 0 Å². The van der Waals surface area contributed by atoms with Gasteiger partial charge in [-0.25, -0.2) is 0 Å². The van der Waals surface area contributed by atoms with E-state index in [1.165, 1.54) is 12.1 Å². The van der Waals surface area contributed by atoms with Crippen LogP contribution < -0.4 is 4.74 Å². The number of benzene rings is 1. The maximum atomic E-state index is 12.1. The average Bonchev–Trinajstić information content (AvgIpc) is 2.04. The number of hydrogen-bond donors (Lipinski definition) is 0. The molecule has 5 heteroatoms. The van der Waals surface area contributed by atoms with Crippen molar-refractivity contribution in [3.05, 3.63) is 29.8 Å². The molecule has 0 fully saturated rings. The second kappa shape index (κ2) is 3.66. The van der Waals surface area contributed by atoms with Crippen molar-refractivity contribution in [2.24, 2.45) is 0 Å². The second-order valence-corrected chi connectivity index (χ2v) is 2.29. The fourth-order valence-electron chi connectivity index (χ4n) is 0.830. The van der Waals surface area contributed by atoms with Crippen LogP contribution in [0.5, 0.6) is 5.75 Å². The number of halogens is 3. The van der Waals surface area contributed by atoms with E-state index >= 15 is 0 Å². The van der Waals surface area contributed by atoms with E-state index in [0.29, 0.717) is 0 Å². The summed E-state index contributed by atoms with van der Waals surface area (Å²) in [5.74, 6) is -0.0650. The highest BCUT2D eigenvalue weighted by atomic mass is 19.4. The highest BCUT2D eigenvalue weighted by Gasteiger charge is 2.30. The molecule has 71 valence electrons. The van der Waals surface area contributed by atoms with Crippen molar-refractivity contribution in [3.8, 4) is 5.75 Å². The molecule has 0 unspecified atom stereocenters. The van der Waals surface area contributed by atoms with Crippen LogP contribution in [0, 0.1) is 0 Å². The topological polar surface area (TPSA) is 29.1 Å². The summed E-state index contributed by atoms with van der Waals surface area (Å²) in [6.07, 6.45) is -4.40. The van der Waals surface area contributed by atoms with Crippen LogP contribution in [-0.2, 0) is 11.3 Å². The first-order valence-corrected chi connectivity index (χ1v) is 3.42. The number of alkyl halides is 3. The Bertz CT molecular complexity index is 283. The zero-order valence-electron chi connectivity index (χ0n) is 6.47. The summed E-state index contributed by atoms with van der Waals surface area (Å²) in [6, 6.07) is 4.19. The van der Waals surface area contributed by atoms with Crippen molar-refractivity contribution < 1.29 is 23.0 Å². The quantitative estimate of drug-likeness (QED) is 0.660. The number of ether oxygens (including phenoxy) is 1. The SMILES string of the molecule is [O]COc1cccc(C(F)(F)F)c1. The molecule has 0 N–H and O–H groups in total. The first-order valence-electron chi connectivity index (χ1n) is 3.42. The summed E-state index contributed by atoms with van der Waals surface area (Å²) >= 11 is 0. The van der Waals surface area contributed by atoms with Gasteiger partial charge in [0, 0.05) is 0 Å². The molecule has 1 radical (unpaired) electrons. The molecular weight excluding hydrogens is 185 g/mol. The molecule has 2 nitrogen and oxygen atoms in total. The molecule has 0 heterocycles. The Morgan fingerprint density at radius 2 is 2.00 bits per heavy atom. The third-order valence-electron chi connectivity index (χ3n) is 1.39. The lowest BCUT2D eigenvalue weighted by Gasteiger charge is -2.07. The van der Waals surface area contributed by atoms with Gasteiger partial charge in [-0.3, -0.25) is 0 Å². The lowest BCUT2D eigenvalue weighted by molar-refractivity contribution is -0.137. The molecule has 1 rings (SSSR count). The molecule has 0 aliphatic rings. The summed E-state index contributed by atoms with van der Waals surface area (Å²) in [7, 11) is 0. The Morgan fingerprint density at radius 1 is 1.31 bits per heavy atom. The third-order valence-corrected chi connectivity index (χ3v) is 1.39.